The third kappa shape index (κ3) is 1.80. The third-order valence-electron chi connectivity index (χ3n) is 1.53. The zero-order valence-corrected chi connectivity index (χ0v) is 5.89. The van der Waals surface area contributed by atoms with E-state index in [4.69, 9.17) is 0 Å². The topological polar surface area (TPSA) is 32.3 Å². The Bertz CT molecular complexity index is 129. The van der Waals surface area contributed by atoms with Crippen molar-refractivity contribution in [1.82, 2.24) is 5.32 Å². The molecule has 1 rings (SSSR count). The first kappa shape index (κ1) is 6.78. The van der Waals surface area contributed by atoms with Gasteiger partial charge < -0.3 is 5.11 Å². The lowest BCUT2D eigenvalue weighted by atomic mass is 10.0. The maximum Gasteiger partial charge on any atom is 0.132 e. The summed E-state index contributed by atoms with van der Waals surface area (Å²) < 4.78 is 0. The van der Waals surface area contributed by atoms with Crippen LogP contribution in [0.4, 0.5) is 0 Å². The maximum absolute atomic E-state index is 9.29. The molecule has 2 nitrogen and oxygen atoms in total. The molecule has 52 valence electrons. The predicted octanol–water partition coefficient (Wildman–Crippen LogP) is 0.490. The van der Waals surface area contributed by atoms with E-state index >= 15 is 0 Å². The van der Waals surface area contributed by atoms with Crippen LogP contribution in [0.3, 0.4) is 0 Å². The molecule has 0 fully saturated rings. The van der Waals surface area contributed by atoms with Crippen LogP contribution in [-0.2, 0) is 0 Å². The summed E-state index contributed by atoms with van der Waals surface area (Å²) in [5.74, 6) is 0.547. The minimum Gasteiger partial charge on any atom is -0.373 e. The van der Waals surface area contributed by atoms with Gasteiger partial charge in [0, 0.05) is 6.54 Å². The van der Waals surface area contributed by atoms with Gasteiger partial charge in [-0.15, -0.1) is 0 Å². The van der Waals surface area contributed by atoms with Crippen LogP contribution in [-0.4, -0.2) is 17.4 Å². The lowest BCUT2D eigenvalue weighted by Crippen LogP contribution is -2.44. The maximum atomic E-state index is 9.29. The molecule has 0 aromatic rings. The monoisotopic (exact) mass is 127 g/mol. The molecule has 2 heteroatoms. The fourth-order valence-corrected chi connectivity index (χ4v) is 0.846. The van der Waals surface area contributed by atoms with Crippen molar-refractivity contribution in [2.45, 2.75) is 19.6 Å². The van der Waals surface area contributed by atoms with Crippen molar-refractivity contribution in [3.8, 4) is 0 Å². The van der Waals surface area contributed by atoms with Gasteiger partial charge in [0.1, 0.15) is 5.72 Å². The van der Waals surface area contributed by atoms with E-state index in [0.717, 1.165) is 6.54 Å². The van der Waals surface area contributed by atoms with E-state index in [-0.39, 0.29) is 0 Å². The highest BCUT2D eigenvalue weighted by molar-refractivity contribution is 5.03. The number of hydrogen-bond acceptors (Lipinski definition) is 2. The highest BCUT2D eigenvalue weighted by Gasteiger charge is 2.19. The minimum atomic E-state index is -0.771. The van der Waals surface area contributed by atoms with Crippen LogP contribution in [0.2, 0.25) is 0 Å². The summed E-state index contributed by atoms with van der Waals surface area (Å²) in [6.45, 7) is 4.72. The van der Waals surface area contributed by atoms with Gasteiger partial charge >= 0.3 is 0 Å². The van der Waals surface area contributed by atoms with E-state index in [1.807, 2.05) is 6.08 Å². The van der Waals surface area contributed by atoms with Gasteiger partial charge in [0.05, 0.1) is 0 Å². The Morgan fingerprint density at radius 1 is 1.78 bits per heavy atom. The predicted molar refractivity (Wildman–Crippen MR) is 36.9 cm³/mol. The van der Waals surface area contributed by atoms with Gasteiger partial charge in [-0.3, -0.25) is 5.32 Å². The van der Waals surface area contributed by atoms with Crippen molar-refractivity contribution < 1.29 is 5.11 Å². The van der Waals surface area contributed by atoms with Gasteiger partial charge in [0.15, 0.2) is 0 Å². The fourth-order valence-electron chi connectivity index (χ4n) is 0.846. The Kier molecular flexibility index (Phi) is 1.60. The number of nitrogens with one attached hydrogen (secondary N) is 1. The van der Waals surface area contributed by atoms with Gasteiger partial charge in [-0.05, 0) is 18.9 Å². The minimum absolute atomic E-state index is 0.547. The quantitative estimate of drug-likeness (QED) is 0.464. The molecule has 0 aromatic carbocycles. The second-order valence-corrected chi connectivity index (χ2v) is 2.86. The molecule has 2 N–H and O–H groups in total. The van der Waals surface area contributed by atoms with Crippen LogP contribution in [0.5, 0.6) is 0 Å². The zero-order chi connectivity index (χ0) is 6.91. The molecule has 0 radical (unpaired) electrons. The van der Waals surface area contributed by atoms with Crippen molar-refractivity contribution in [2.75, 3.05) is 6.54 Å². The van der Waals surface area contributed by atoms with Gasteiger partial charge in [0.25, 0.3) is 0 Å². The summed E-state index contributed by atoms with van der Waals surface area (Å²) >= 11 is 0. The number of rotatable bonds is 0. The molecule has 0 saturated carbocycles. The van der Waals surface area contributed by atoms with E-state index in [9.17, 15) is 5.11 Å². The lowest BCUT2D eigenvalue weighted by Gasteiger charge is -2.27. The molecule has 0 saturated heterocycles. The number of aliphatic hydroxyl groups is 1. The molecule has 2 atom stereocenters. The second kappa shape index (κ2) is 2.12. The fraction of sp³-hybridized carbons (Fsp3) is 0.714. The largest absolute Gasteiger partial charge is 0.373 e. The third-order valence-corrected chi connectivity index (χ3v) is 1.53. The van der Waals surface area contributed by atoms with Crippen LogP contribution in [0.1, 0.15) is 13.8 Å². The summed E-state index contributed by atoms with van der Waals surface area (Å²) in [5, 5.41) is 12.3. The molecule has 2 unspecified atom stereocenters. The molecule has 0 bridgehead atoms. The van der Waals surface area contributed by atoms with Gasteiger partial charge in [-0.1, -0.05) is 13.0 Å². The Morgan fingerprint density at radius 2 is 2.44 bits per heavy atom. The van der Waals surface area contributed by atoms with Gasteiger partial charge in [-0.2, -0.15) is 0 Å². The highest BCUT2D eigenvalue weighted by Crippen LogP contribution is 2.10. The SMILES string of the molecule is CC1C=CC(C)(O)NC1. The van der Waals surface area contributed by atoms with E-state index < -0.39 is 5.72 Å². The Balaban J connectivity index is 2.58. The average molecular weight is 127 g/mol. The first-order chi connectivity index (χ1) is 4.10. The van der Waals surface area contributed by atoms with Crippen molar-refractivity contribution in [3.63, 3.8) is 0 Å². The second-order valence-electron chi connectivity index (χ2n) is 2.86. The van der Waals surface area contributed by atoms with Gasteiger partial charge in [0.2, 0.25) is 0 Å². The van der Waals surface area contributed by atoms with Gasteiger partial charge in [-0.25, -0.2) is 0 Å². The molecule has 9 heavy (non-hydrogen) atoms. The van der Waals surface area contributed by atoms with Crippen molar-refractivity contribution in [1.29, 1.82) is 0 Å². The van der Waals surface area contributed by atoms with E-state index in [2.05, 4.69) is 12.2 Å². The van der Waals surface area contributed by atoms with E-state index in [1.54, 1.807) is 13.0 Å². The summed E-state index contributed by atoms with van der Waals surface area (Å²) in [6.07, 6.45) is 3.82. The van der Waals surface area contributed by atoms with E-state index in [1.165, 1.54) is 0 Å². The zero-order valence-electron chi connectivity index (χ0n) is 5.89. The van der Waals surface area contributed by atoms with Crippen LogP contribution in [0.15, 0.2) is 12.2 Å². The Morgan fingerprint density at radius 3 is 2.78 bits per heavy atom. The van der Waals surface area contributed by atoms with Crippen LogP contribution < -0.4 is 5.32 Å². The molecule has 0 spiro atoms. The van der Waals surface area contributed by atoms with E-state index in [0.29, 0.717) is 5.92 Å². The first-order valence-corrected chi connectivity index (χ1v) is 3.27. The smallest absolute Gasteiger partial charge is 0.132 e. The van der Waals surface area contributed by atoms with Crippen molar-refractivity contribution in [2.24, 2.45) is 5.92 Å². The average Bonchev–Trinajstić information content (AvgIpc) is 1.78. The summed E-state index contributed by atoms with van der Waals surface area (Å²) in [7, 11) is 0. The highest BCUT2D eigenvalue weighted by atomic mass is 16.3. The molecule has 1 aliphatic heterocycles. The Labute approximate surface area is 55.6 Å². The normalized spacial score (nSPS) is 43.2. The molecular formula is C7H13NO. The summed E-state index contributed by atoms with van der Waals surface area (Å²) in [6, 6.07) is 0. The van der Waals surface area contributed by atoms with Crippen LogP contribution in [0.25, 0.3) is 0 Å². The standard InChI is InChI=1S/C7H13NO/c1-6-3-4-7(2,9)8-5-6/h3-4,6,8-9H,5H2,1-2H3. The van der Waals surface area contributed by atoms with Crippen molar-refractivity contribution in [3.05, 3.63) is 12.2 Å². The van der Waals surface area contributed by atoms with Crippen LogP contribution >= 0.6 is 0 Å². The molecule has 0 amide bonds. The Hall–Kier alpha value is -0.340. The molecular weight excluding hydrogens is 114 g/mol. The molecule has 0 aromatic heterocycles. The van der Waals surface area contributed by atoms with Crippen LogP contribution in [0, 0.1) is 5.92 Å². The summed E-state index contributed by atoms with van der Waals surface area (Å²) in [4.78, 5) is 0. The summed E-state index contributed by atoms with van der Waals surface area (Å²) in [5.41, 5.74) is -0.771. The number of hydrogen-bond donors (Lipinski definition) is 2. The lowest BCUT2D eigenvalue weighted by molar-refractivity contribution is 0.0650. The first-order valence-electron chi connectivity index (χ1n) is 3.27. The molecule has 1 heterocycles. The van der Waals surface area contributed by atoms with Crippen molar-refractivity contribution >= 4 is 0 Å². The molecule has 0 aliphatic carbocycles. The molecule has 1 aliphatic rings.